The quantitative estimate of drug-likeness (QED) is 0.790. The van der Waals surface area contributed by atoms with Gasteiger partial charge in [0.1, 0.15) is 11.1 Å². The molecule has 2 aliphatic carbocycles. The molecule has 0 spiro atoms. The van der Waals surface area contributed by atoms with E-state index in [1.807, 2.05) is 6.92 Å². The number of carbonyl (C=O) groups excluding carboxylic acids is 2. The van der Waals surface area contributed by atoms with Crippen LogP contribution in [0.4, 0.5) is 4.79 Å². The SMILES string of the molecule is CCC1C[C@]1(NC(=O)OC(C)(C)C)C(=O)NS(=O)(=O)C1CC1. The Labute approximate surface area is 131 Å². The number of alkyl carbamates (subject to hydrolysis) is 1. The van der Waals surface area contributed by atoms with Crippen molar-refractivity contribution in [2.24, 2.45) is 5.92 Å². The average molecular weight is 332 g/mol. The summed E-state index contributed by atoms with van der Waals surface area (Å²) in [5.74, 6) is -0.730. The molecule has 0 saturated heterocycles. The molecule has 2 rings (SSSR count). The molecule has 2 atom stereocenters. The van der Waals surface area contributed by atoms with Gasteiger partial charge in [-0.1, -0.05) is 13.3 Å². The second-order valence-electron chi connectivity index (χ2n) is 7.08. The van der Waals surface area contributed by atoms with E-state index in [-0.39, 0.29) is 5.92 Å². The molecule has 0 aromatic rings. The molecule has 2 fully saturated rings. The molecule has 2 amide bonds. The van der Waals surface area contributed by atoms with Crippen LogP contribution in [0, 0.1) is 5.92 Å². The number of hydrogen-bond acceptors (Lipinski definition) is 5. The Morgan fingerprint density at radius 1 is 1.27 bits per heavy atom. The molecule has 0 aliphatic heterocycles. The van der Waals surface area contributed by atoms with E-state index in [0.29, 0.717) is 25.7 Å². The molecule has 2 aliphatic rings. The first kappa shape index (κ1) is 17.1. The lowest BCUT2D eigenvalue weighted by atomic mass is 10.1. The predicted octanol–water partition coefficient (Wildman–Crippen LogP) is 1.29. The monoisotopic (exact) mass is 332 g/mol. The maximum Gasteiger partial charge on any atom is 0.408 e. The molecule has 8 heteroatoms. The molecule has 2 N–H and O–H groups in total. The molecular formula is C14H24N2O5S. The lowest BCUT2D eigenvalue weighted by molar-refractivity contribution is -0.122. The highest BCUT2D eigenvalue weighted by molar-refractivity contribution is 7.90. The van der Waals surface area contributed by atoms with Gasteiger partial charge in [0.05, 0.1) is 5.25 Å². The van der Waals surface area contributed by atoms with Gasteiger partial charge in [-0.3, -0.25) is 9.52 Å². The van der Waals surface area contributed by atoms with Crippen molar-refractivity contribution in [2.45, 2.75) is 69.8 Å². The van der Waals surface area contributed by atoms with Crippen molar-refractivity contribution < 1.29 is 22.7 Å². The van der Waals surface area contributed by atoms with Crippen LogP contribution in [0.2, 0.25) is 0 Å². The van der Waals surface area contributed by atoms with Crippen LogP contribution in [0.3, 0.4) is 0 Å². The first-order chi connectivity index (χ1) is 10.00. The summed E-state index contributed by atoms with van der Waals surface area (Å²) in [6.45, 7) is 7.06. The van der Waals surface area contributed by atoms with Crippen molar-refractivity contribution in [1.29, 1.82) is 0 Å². The van der Waals surface area contributed by atoms with Gasteiger partial charge < -0.3 is 10.1 Å². The van der Waals surface area contributed by atoms with Crippen molar-refractivity contribution >= 4 is 22.0 Å². The molecule has 0 aromatic heterocycles. The van der Waals surface area contributed by atoms with Gasteiger partial charge in [0.15, 0.2) is 0 Å². The molecule has 0 heterocycles. The van der Waals surface area contributed by atoms with Gasteiger partial charge in [0, 0.05) is 0 Å². The van der Waals surface area contributed by atoms with Crippen molar-refractivity contribution in [1.82, 2.24) is 10.0 Å². The van der Waals surface area contributed by atoms with Crippen LogP contribution in [0.15, 0.2) is 0 Å². The van der Waals surface area contributed by atoms with Crippen molar-refractivity contribution in [3.63, 3.8) is 0 Å². The number of carbonyl (C=O) groups is 2. The Bertz CT molecular complexity index is 577. The van der Waals surface area contributed by atoms with Crippen molar-refractivity contribution in [3.05, 3.63) is 0 Å². The summed E-state index contributed by atoms with van der Waals surface area (Å²) in [4.78, 5) is 24.3. The first-order valence-corrected chi connectivity index (χ1v) is 9.12. The van der Waals surface area contributed by atoms with Crippen LogP contribution < -0.4 is 10.0 Å². The van der Waals surface area contributed by atoms with Crippen LogP contribution in [-0.2, 0) is 19.6 Å². The fourth-order valence-corrected chi connectivity index (χ4v) is 3.84. The van der Waals surface area contributed by atoms with Gasteiger partial charge in [0.25, 0.3) is 5.91 Å². The molecule has 0 aromatic carbocycles. The summed E-state index contributed by atoms with van der Waals surface area (Å²) in [6, 6.07) is 0. The molecule has 0 radical (unpaired) electrons. The Balaban J connectivity index is 2.05. The van der Waals surface area contributed by atoms with Crippen LogP contribution >= 0.6 is 0 Å². The van der Waals surface area contributed by atoms with Crippen molar-refractivity contribution in [2.75, 3.05) is 0 Å². The normalized spacial score (nSPS) is 27.9. The second-order valence-corrected chi connectivity index (χ2v) is 9.04. The van der Waals surface area contributed by atoms with Gasteiger partial charge in [0.2, 0.25) is 10.0 Å². The van der Waals surface area contributed by atoms with E-state index in [1.54, 1.807) is 20.8 Å². The van der Waals surface area contributed by atoms with Gasteiger partial charge in [-0.25, -0.2) is 13.2 Å². The Kier molecular flexibility index (Phi) is 4.18. The number of hydrogen-bond donors (Lipinski definition) is 2. The highest BCUT2D eigenvalue weighted by Crippen LogP contribution is 2.46. The van der Waals surface area contributed by atoms with E-state index >= 15 is 0 Å². The Morgan fingerprint density at radius 2 is 1.86 bits per heavy atom. The number of nitrogens with one attached hydrogen (secondary N) is 2. The van der Waals surface area contributed by atoms with Gasteiger partial charge in [-0.15, -0.1) is 0 Å². The van der Waals surface area contributed by atoms with Gasteiger partial charge in [-0.2, -0.15) is 0 Å². The van der Waals surface area contributed by atoms with E-state index in [1.165, 1.54) is 0 Å². The molecular weight excluding hydrogens is 308 g/mol. The van der Waals surface area contributed by atoms with E-state index in [2.05, 4.69) is 10.0 Å². The lowest BCUT2D eigenvalue weighted by Gasteiger charge is -2.23. The number of sulfonamides is 1. The van der Waals surface area contributed by atoms with E-state index in [4.69, 9.17) is 4.74 Å². The largest absolute Gasteiger partial charge is 0.444 e. The van der Waals surface area contributed by atoms with Crippen LogP contribution in [0.1, 0.15) is 53.4 Å². The number of rotatable bonds is 5. The summed E-state index contributed by atoms with van der Waals surface area (Å²) >= 11 is 0. The van der Waals surface area contributed by atoms with Gasteiger partial charge >= 0.3 is 6.09 Å². The van der Waals surface area contributed by atoms with Crippen molar-refractivity contribution in [3.8, 4) is 0 Å². The summed E-state index contributed by atoms with van der Waals surface area (Å²) in [6.07, 6.45) is 1.54. The Morgan fingerprint density at radius 3 is 2.27 bits per heavy atom. The van der Waals surface area contributed by atoms with E-state index in [9.17, 15) is 18.0 Å². The van der Waals surface area contributed by atoms with E-state index < -0.39 is 38.4 Å². The molecule has 2 saturated carbocycles. The highest BCUT2D eigenvalue weighted by Gasteiger charge is 2.61. The molecule has 126 valence electrons. The zero-order valence-corrected chi connectivity index (χ0v) is 14.2. The zero-order chi connectivity index (χ0) is 16.8. The lowest BCUT2D eigenvalue weighted by Crippen LogP contribution is -2.53. The topological polar surface area (TPSA) is 102 Å². The molecule has 7 nitrogen and oxygen atoms in total. The summed E-state index contributed by atoms with van der Waals surface area (Å²) in [5, 5.41) is 2.09. The van der Waals surface area contributed by atoms with Crippen LogP contribution in [0.5, 0.6) is 0 Å². The second kappa shape index (κ2) is 5.40. The summed E-state index contributed by atoms with van der Waals surface area (Å²) < 4.78 is 31.1. The highest BCUT2D eigenvalue weighted by atomic mass is 32.2. The fraction of sp³-hybridized carbons (Fsp3) is 0.857. The maximum absolute atomic E-state index is 12.4. The minimum absolute atomic E-state index is 0.0746. The minimum Gasteiger partial charge on any atom is -0.444 e. The zero-order valence-electron chi connectivity index (χ0n) is 13.4. The minimum atomic E-state index is -3.62. The fourth-order valence-electron chi connectivity index (χ4n) is 2.48. The molecule has 22 heavy (non-hydrogen) atoms. The van der Waals surface area contributed by atoms with Crippen LogP contribution in [0.25, 0.3) is 0 Å². The van der Waals surface area contributed by atoms with Crippen LogP contribution in [-0.4, -0.2) is 36.8 Å². The third kappa shape index (κ3) is 3.71. The predicted molar refractivity (Wildman–Crippen MR) is 80.6 cm³/mol. The first-order valence-electron chi connectivity index (χ1n) is 7.57. The smallest absolute Gasteiger partial charge is 0.408 e. The Hall–Kier alpha value is -1.31. The van der Waals surface area contributed by atoms with Gasteiger partial charge in [-0.05, 0) is 46.0 Å². The third-order valence-electron chi connectivity index (χ3n) is 3.93. The molecule has 0 bridgehead atoms. The average Bonchev–Trinajstić information content (AvgIpc) is 3.20. The maximum atomic E-state index is 12.4. The summed E-state index contributed by atoms with van der Waals surface area (Å²) in [7, 11) is -3.62. The molecule has 1 unspecified atom stereocenters. The van der Waals surface area contributed by atoms with E-state index in [0.717, 1.165) is 0 Å². The standard InChI is InChI=1S/C14H24N2O5S/c1-5-9-8-14(9,15-12(18)21-13(2,3)4)11(17)16-22(19,20)10-6-7-10/h9-10H,5-8H2,1-4H3,(H,15,18)(H,16,17)/t9?,14-/m1/s1. The number of ether oxygens (including phenoxy) is 1. The summed E-state index contributed by atoms with van der Waals surface area (Å²) in [5.41, 5.74) is -1.85. The number of amides is 2. The third-order valence-corrected chi connectivity index (χ3v) is 5.74.